The van der Waals surface area contributed by atoms with E-state index in [2.05, 4.69) is 5.73 Å². The van der Waals surface area contributed by atoms with Crippen LogP contribution >= 0.6 is 0 Å². The van der Waals surface area contributed by atoms with Crippen molar-refractivity contribution in [2.24, 2.45) is 0 Å². The minimum Gasteiger partial charge on any atom is -0.466 e. The van der Waals surface area contributed by atoms with Crippen LogP contribution in [0.1, 0.15) is 51.3 Å². The van der Waals surface area contributed by atoms with Gasteiger partial charge in [0.2, 0.25) is 0 Å². The molecule has 2 aromatic rings. The number of esters is 1. The molecule has 0 saturated carbocycles. The molecule has 0 radical (unpaired) electrons. The van der Waals surface area contributed by atoms with Gasteiger partial charge in [0.1, 0.15) is 5.60 Å². The lowest BCUT2D eigenvalue weighted by molar-refractivity contribution is -0.141. The summed E-state index contributed by atoms with van der Waals surface area (Å²) in [6.07, 6.45) is 0.582. The molecule has 6 heteroatoms. The highest BCUT2D eigenvalue weighted by Gasteiger charge is 2.40. The standard InChI is InChI=1S/C27H31NO5/c1-5-31-25(29)18-22(20-12-8-6-9-13-20)16-17-24-28(26(30)33-27(2,3)4)23(19-32-24)21-14-10-7-11-15-21/h6-15,17,23-24H,5,18-19H2,1-4H3/t16?,23-,24+/m0/s1. The molecule has 0 unspecified atom stereocenters. The third-order valence-electron chi connectivity index (χ3n) is 4.97. The van der Waals surface area contributed by atoms with E-state index in [0.717, 1.165) is 11.1 Å². The Labute approximate surface area is 195 Å². The highest BCUT2D eigenvalue weighted by molar-refractivity contribution is 5.85. The maximum Gasteiger partial charge on any atom is 0.413 e. The van der Waals surface area contributed by atoms with Gasteiger partial charge in [0.15, 0.2) is 6.23 Å². The molecule has 0 bridgehead atoms. The smallest absolute Gasteiger partial charge is 0.413 e. The van der Waals surface area contributed by atoms with Crippen LogP contribution < -0.4 is 0 Å². The lowest BCUT2D eigenvalue weighted by atomic mass is 10.0. The van der Waals surface area contributed by atoms with E-state index < -0.39 is 17.9 Å². The van der Waals surface area contributed by atoms with E-state index in [1.165, 1.54) is 0 Å². The second-order valence-corrected chi connectivity index (χ2v) is 8.68. The Morgan fingerprint density at radius 1 is 1.09 bits per heavy atom. The lowest BCUT2D eigenvalue weighted by Gasteiger charge is -2.30. The molecule has 174 valence electrons. The molecule has 1 amide bonds. The van der Waals surface area contributed by atoms with Crippen molar-refractivity contribution in [3.63, 3.8) is 0 Å². The minimum atomic E-state index is -0.689. The summed E-state index contributed by atoms with van der Waals surface area (Å²) < 4.78 is 16.8. The first-order valence-corrected chi connectivity index (χ1v) is 11.1. The summed E-state index contributed by atoms with van der Waals surface area (Å²) >= 11 is 0. The molecule has 0 aromatic heterocycles. The van der Waals surface area contributed by atoms with Gasteiger partial charge in [0, 0.05) is 11.6 Å². The van der Waals surface area contributed by atoms with Gasteiger partial charge >= 0.3 is 12.1 Å². The van der Waals surface area contributed by atoms with E-state index in [4.69, 9.17) is 14.2 Å². The van der Waals surface area contributed by atoms with Gasteiger partial charge in [-0.3, -0.25) is 9.69 Å². The molecule has 3 rings (SSSR count). The number of amides is 1. The fraction of sp³-hybridized carbons (Fsp3) is 0.370. The summed E-state index contributed by atoms with van der Waals surface area (Å²) in [6, 6.07) is 18.9. The highest BCUT2D eigenvalue weighted by Crippen LogP contribution is 2.32. The molecule has 1 aliphatic rings. The van der Waals surface area contributed by atoms with E-state index in [1.807, 2.05) is 81.4 Å². The Morgan fingerprint density at radius 2 is 1.73 bits per heavy atom. The maximum atomic E-state index is 13.1. The molecule has 33 heavy (non-hydrogen) atoms. The number of ether oxygens (including phenoxy) is 3. The predicted octanol–water partition coefficient (Wildman–Crippen LogP) is 5.51. The molecule has 0 N–H and O–H groups in total. The number of hydrogen-bond donors (Lipinski definition) is 0. The van der Waals surface area contributed by atoms with Crippen molar-refractivity contribution >= 4 is 17.6 Å². The van der Waals surface area contributed by atoms with Crippen molar-refractivity contribution in [3.05, 3.63) is 83.6 Å². The van der Waals surface area contributed by atoms with Crippen LogP contribution in [0.5, 0.6) is 0 Å². The fourth-order valence-electron chi connectivity index (χ4n) is 3.54. The van der Waals surface area contributed by atoms with Gasteiger partial charge in [-0.05, 0) is 38.8 Å². The Morgan fingerprint density at radius 3 is 2.33 bits per heavy atom. The zero-order valence-electron chi connectivity index (χ0n) is 19.6. The second kappa shape index (κ2) is 11.0. The van der Waals surface area contributed by atoms with E-state index in [-0.39, 0.29) is 18.4 Å². The first-order chi connectivity index (χ1) is 15.8. The summed E-state index contributed by atoms with van der Waals surface area (Å²) in [5.74, 6) is -0.337. The zero-order chi connectivity index (χ0) is 23.8. The molecule has 2 aromatic carbocycles. The summed E-state index contributed by atoms with van der Waals surface area (Å²) in [5, 5.41) is 0. The number of nitrogens with zero attached hydrogens (tertiary/aromatic N) is 1. The quantitative estimate of drug-likeness (QED) is 0.430. The highest BCUT2D eigenvalue weighted by atomic mass is 16.6. The van der Waals surface area contributed by atoms with Crippen molar-refractivity contribution in [3.8, 4) is 0 Å². The van der Waals surface area contributed by atoms with Crippen LogP contribution in [0.15, 0.2) is 72.5 Å². The van der Waals surface area contributed by atoms with Crippen molar-refractivity contribution in [1.29, 1.82) is 0 Å². The fourth-order valence-corrected chi connectivity index (χ4v) is 3.54. The van der Waals surface area contributed by atoms with Crippen molar-refractivity contribution < 1.29 is 23.8 Å². The maximum absolute atomic E-state index is 13.1. The average Bonchev–Trinajstić information content (AvgIpc) is 3.21. The van der Waals surface area contributed by atoms with Gasteiger partial charge < -0.3 is 14.2 Å². The monoisotopic (exact) mass is 449 g/mol. The van der Waals surface area contributed by atoms with Gasteiger partial charge in [-0.1, -0.05) is 60.7 Å². The summed E-state index contributed by atoms with van der Waals surface area (Å²) in [4.78, 5) is 26.9. The first-order valence-electron chi connectivity index (χ1n) is 11.1. The van der Waals surface area contributed by atoms with Crippen LogP contribution in [0.2, 0.25) is 0 Å². The van der Waals surface area contributed by atoms with E-state index in [0.29, 0.717) is 18.8 Å². The van der Waals surface area contributed by atoms with Crippen LogP contribution in [0.3, 0.4) is 0 Å². The number of hydrogen-bond acceptors (Lipinski definition) is 5. The summed E-state index contributed by atoms with van der Waals surface area (Å²) in [7, 11) is 0. The SMILES string of the molecule is CCOC(=O)CC(=C=C[C@H]1OC[C@@H](c2ccccc2)N1C(=O)OC(C)(C)C)c1ccccc1. The molecule has 1 saturated heterocycles. The van der Waals surface area contributed by atoms with Crippen molar-refractivity contribution in [2.75, 3.05) is 13.2 Å². The number of carbonyl (C=O) groups is 2. The second-order valence-electron chi connectivity index (χ2n) is 8.68. The van der Waals surface area contributed by atoms with E-state index >= 15 is 0 Å². The Balaban J connectivity index is 1.96. The van der Waals surface area contributed by atoms with E-state index in [9.17, 15) is 9.59 Å². The third kappa shape index (κ3) is 6.82. The minimum absolute atomic E-state index is 0.0651. The lowest BCUT2D eigenvalue weighted by Crippen LogP contribution is -2.40. The molecule has 0 aliphatic carbocycles. The molecule has 6 nitrogen and oxygen atoms in total. The molecule has 1 aliphatic heterocycles. The van der Waals surface area contributed by atoms with Gasteiger partial charge in [-0.15, -0.1) is 5.73 Å². The third-order valence-corrected chi connectivity index (χ3v) is 4.97. The molecular formula is C27H31NO5. The van der Waals surface area contributed by atoms with E-state index in [1.54, 1.807) is 17.9 Å². The number of carbonyl (C=O) groups excluding carboxylic acids is 2. The van der Waals surface area contributed by atoms with Crippen molar-refractivity contribution in [1.82, 2.24) is 4.90 Å². The Kier molecular flexibility index (Phi) is 8.10. The molecule has 1 fully saturated rings. The average molecular weight is 450 g/mol. The number of benzene rings is 2. The molecule has 0 spiro atoms. The first kappa shape index (κ1) is 24.3. The number of rotatable bonds is 6. The largest absolute Gasteiger partial charge is 0.466 e. The predicted molar refractivity (Wildman–Crippen MR) is 126 cm³/mol. The summed E-state index contributed by atoms with van der Waals surface area (Å²) in [5.41, 5.74) is 5.02. The normalized spacial score (nSPS) is 17.8. The van der Waals surface area contributed by atoms with Crippen LogP contribution in [-0.2, 0) is 19.0 Å². The summed E-state index contributed by atoms with van der Waals surface area (Å²) in [6.45, 7) is 7.89. The molecular weight excluding hydrogens is 418 g/mol. The Hall–Kier alpha value is -3.34. The van der Waals surface area contributed by atoms with Gasteiger partial charge in [-0.2, -0.15) is 0 Å². The van der Waals surface area contributed by atoms with Crippen LogP contribution in [-0.4, -0.2) is 42.0 Å². The van der Waals surface area contributed by atoms with Gasteiger partial charge in [-0.25, -0.2) is 4.79 Å². The van der Waals surface area contributed by atoms with Gasteiger partial charge in [0.05, 0.1) is 25.7 Å². The molecule has 1 heterocycles. The van der Waals surface area contributed by atoms with Gasteiger partial charge in [0.25, 0.3) is 0 Å². The van der Waals surface area contributed by atoms with Crippen LogP contribution in [0, 0.1) is 0 Å². The van der Waals surface area contributed by atoms with Crippen LogP contribution in [0.25, 0.3) is 5.57 Å². The zero-order valence-corrected chi connectivity index (χ0v) is 19.6. The van der Waals surface area contributed by atoms with Crippen LogP contribution in [0.4, 0.5) is 4.79 Å². The topological polar surface area (TPSA) is 65.1 Å². The Bertz CT molecular complexity index is 1000. The molecule has 2 atom stereocenters. The van der Waals surface area contributed by atoms with Crippen molar-refractivity contribution in [2.45, 2.75) is 52.0 Å².